The molecule has 1 aliphatic rings. The average molecular weight is 517 g/mol. The van der Waals surface area contributed by atoms with Gasteiger partial charge in [0.25, 0.3) is 5.91 Å². The molecule has 1 amide bonds. The zero-order valence-electron chi connectivity index (χ0n) is 14.9. The topological polar surface area (TPSA) is 29.5 Å². The third-order valence-corrected chi connectivity index (χ3v) is 6.56. The predicted octanol–water partition coefficient (Wildman–Crippen LogP) is 6.95. The minimum atomic E-state index is -0.0364. The summed E-state index contributed by atoms with van der Waals surface area (Å²) in [5, 5.41) is 1.15. The number of carbonyl (C=O) groups is 1. The highest BCUT2D eigenvalue weighted by atomic mass is 79.9. The highest BCUT2D eigenvalue weighted by Gasteiger charge is 2.31. The molecule has 2 aromatic rings. The smallest absolute Gasteiger partial charge is 0.266 e. The van der Waals surface area contributed by atoms with Crippen LogP contribution in [0.5, 0.6) is 5.75 Å². The van der Waals surface area contributed by atoms with Crippen molar-refractivity contribution in [3.8, 4) is 5.75 Å². The second kappa shape index (κ2) is 9.63. The molecule has 1 aliphatic heterocycles. The van der Waals surface area contributed by atoms with E-state index in [1.54, 1.807) is 17.0 Å². The standard InChI is InChI=1S/C20H16BrCl2NO2S2/c1-2-7-24-19(25)18(28-20(24)27)9-12-3-6-17(15(21)8-12)26-11-13-4-5-14(22)10-16(13)23/h3-6,8-10H,2,7,11H2,1H3/b18-9-. The summed E-state index contributed by atoms with van der Waals surface area (Å²) in [6.07, 6.45) is 2.72. The number of rotatable bonds is 6. The molecule has 0 radical (unpaired) electrons. The van der Waals surface area contributed by atoms with Crippen molar-refractivity contribution in [2.45, 2.75) is 20.0 Å². The fourth-order valence-corrected chi connectivity index (χ4v) is 4.87. The number of nitrogens with zero attached hydrogens (tertiary/aromatic N) is 1. The number of hydrogen-bond acceptors (Lipinski definition) is 4. The highest BCUT2D eigenvalue weighted by Crippen LogP contribution is 2.34. The maximum Gasteiger partial charge on any atom is 0.266 e. The number of amides is 1. The van der Waals surface area contributed by atoms with Gasteiger partial charge in [0.15, 0.2) is 0 Å². The van der Waals surface area contributed by atoms with Gasteiger partial charge in [-0.25, -0.2) is 0 Å². The molecule has 3 rings (SSSR count). The summed E-state index contributed by atoms with van der Waals surface area (Å²) >= 11 is 22.3. The lowest BCUT2D eigenvalue weighted by Crippen LogP contribution is -2.28. The second-order valence-corrected chi connectivity index (χ2v) is 9.42. The Morgan fingerprint density at radius 2 is 2.04 bits per heavy atom. The molecule has 1 heterocycles. The summed E-state index contributed by atoms with van der Waals surface area (Å²) in [6, 6.07) is 11.0. The fraction of sp³-hybridized carbons (Fsp3) is 0.200. The second-order valence-electron chi connectivity index (χ2n) is 6.05. The van der Waals surface area contributed by atoms with E-state index in [1.807, 2.05) is 37.3 Å². The van der Waals surface area contributed by atoms with Crippen LogP contribution in [0, 0.1) is 0 Å². The lowest BCUT2D eigenvalue weighted by atomic mass is 10.2. The van der Waals surface area contributed by atoms with Gasteiger partial charge in [0.2, 0.25) is 0 Å². The Hall–Kier alpha value is -1.05. The van der Waals surface area contributed by atoms with Crippen molar-refractivity contribution in [1.82, 2.24) is 4.90 Å². The van der Waals surface area contributed by atoms with E-state index in [0.29, 0.717) is 38.2 Å². The van der Waals surface area contributed by atoms with E-state index in [4.69, 9.17) is 40.2 Å². The molecule has 1 saturated heterocycles. The van der Waals surface area contributed by atoms with Gasteiger partial charge in [0.05, 0.1) is 9.38 Å². The monoisotopic (exact) mass is 515 g/mol. The van der Waals surface area contributed by atoms with E-state index in [1.165, 1.54) is 11.8 Å². The van der Waals surface area contributed by atoms with Crippen molar-refractivity contribution >= 4 is 79.4 Å². The molecular formula is C20H16BrCl2NO2S2. The summed E-state index contributed by atoms with van der Waals surface area (Å²) in [7, 11) is 0. The summed E-state index contributed by atoms with van der Waals surface area (Å²) in [6.45, 7) is 2.99. The number of carbonyl (C=O) groups excluding carboxylic acids is 1. The van der Waals surface area contributed by atoms with Crippen LogP contribution >= 0.6 is 63.1 Å². The van der Waals surface area contributed by atoms with E-state index < -0.39 is 0 Å². The molecule has 0 bridgehead atoms. The van der Waals surface area contributed by atoms with Gasteiger partial charge in [-0.3, -0.25) is 9.69 Å². The molecule has 0 aromatic heterocycles. The number of hydrogen-bond donors (Lipinski definition) is 0. The van der Waals surface area contributed by atoms with Crippen LogP contribution < -0.4 is 4.74 Å². The number of thioether (sulfide) groups is 1. The molecular weight excluding hydrogens is 501 g/mol. The summed E-state index contributed by atoms with van der Waals surface area (Å²) in [5.74, 6) is 0.646. The van der Waals surface area contributed by atoms with E-state index in [-0.39, 0.29) is 5.91 Å². The van der Waals surface area contributed by atoms with Gasteiger partial charge in [0, 0.05) is 22.2 Å². The van der Waals surface area contributed by atoms with Crippen molar-refractivity contribution in [3.05, 3.63) is 66.9 Å². The molecule has 0 spiro atoms. The lowest BCUT2D eigenvalue weighted by molar-refractivity contribution is -0.122. The van der Waals surface area contributed by atoms with Gasteiger partial charge in [-0.05, 0) is 58.3 Å². The van der Waals surface area contributed by atoms with Gasteiger partial charge < -0.3 is 4.74 Å². The van der Waals surface area contributed by atoms with E-state index >= 15 is 0 Å². The first-order valence-corrected chi connectivity index (χ1v) is 11.3. The molecule has 28 heavy (non-hydrogen) atoms. The Kier molecular flexibility index (Phi) is 7.45. The van der Waals surface area contributed by atoms with E-state index in [0.717, 1.165) is 22.0 Å². The first kappa shape index (κ1) is 21.7. The van der Waals surface area contributed by atoms with Crippen LogP contribution in [0.1, 0.15) is 24.5 Å². The molecule has 8 heteroatoms. The normalized spacial score (nSPS) is 15.6. The Balaban J connectivity index is 1.72. The number of thiocarbonyl (C=S) groups is 1. The van der Waals surface area contributed by atoms with Crippen LogP contribution in [0.3, 0.4) is 0 Å². The number of benzene rings is 2. The van der Waals surface area contributed by atoms with Crippen molar-refractivity contribution in [1.29, 1.82) is 0 Å². The van der Waals surface area contributed by atoms with Crippen LogP contribution in [0.15, 0.2) is 45.8 Å². The van der Waals surface area contributed by atoms with E-state index in [9.17, 15) is 4.79 Å². The SMILES string of the molecule is CCCN1C(=O)/C(=C/c2ccc(OCc3ccc(Cl)cc3Cl)c(Br)c2)SC1=S. The molecule has 1 fully saturated rings. The predicted molar refractivity (Wildman–Crippen MR) is 125 cm³/mol. The molecule has 2 aromatic carbocycles. The Labute approximate surface area is 192 Å². The van der Waals surface area contributed by atoms with Gasteiger partial charge in [-0.2, -0.15) is 0 Å². The third kappa shape index (κ3) is 5.10. The highest BCUT2D eigenvalue weighted by molar-refractivity contribution is 9.10. The minimum absolute atomic E-state index is 0.0364. The van der Waals surface area contributed by atoms with E-state index in [2.05, 4.69) is 15.9 Å². The summed E-state index contributed by atoms with van der Waals surface area (Å²) < 4.78 is 7.26. The molecule has 0 atom stereocenters. The average Bonchev–Trinajstić information content (AvgIpc) is 2.90. The van der Waals surface area contributed by atoms with Crippen molar-refractivity contribution in [2.24, 2.45) is 0 Å². The molecule has 146 valence electrons. The molecule has 3 nitrogen and oxygen atoms in total. The number of halogens is 3. The molecule has 0 unspecified atom stereocenters. The van der Waals surface area contributed by atoms with Crippen molar-refractivity contribution in [3.63, 3.8) is 0 Å². The van der Waals surface area contributed by atoms with Crippen LogP contribution in [0.2, 0.25) is 10.0 Å². The zero-order valence-corrected chi connectivity index (χ0v) is 19.6. The van der Waals surface area contributed by atoms with Crippen molar-refractivity contribution in [2.75, 3.05) is 6.54 Å². The lowest BCUT2D eigenvalue weighted by Gasteiger charge is -2.12. The van der Waals surface area contributed by atoms with Crippen LogP contribution in [-0.4, -0.2) is 21.7 Å². The summed E-state index contributed by atoms with van der Waals surface area (Å²) in [4.78, 5) is 14.7. The van der Waals surface area contributed by atoms with Crippen LogP contribution in [-0.2, 0) is 11.4 Å². The molecule has 0 aliphatic carbocycles. The largest absolute Gasteiger partial charge is 0.488 e. The maximum absolute atomic E-state index is 12.5. The van der Waals surface area contributed by atoms with Gasteiger partial charge >= 0.3 is 0 Å². The first-order chi connectivity index (χ1) is 13.4. The number of ether oxygens (including phenoxy) is 1. The van der Waals surface area contributed by atoms with Gasteiger partial charge in [-0.1, -0.05) is 66.2 Å². The Bertz CT molecular complexity index is 965. The van der Waals surface area contributed by atoms with Crippen LogP contribution in [0.25, 0.3) is 6.08 Å². The van der Waals surface area contributed by atoms with Gasteiger partial charge in [-0.15, -0.1) is 0 Å². The zero-order chi connectivity index (χ0) is 20.3. The molecule has 0 saturated carbocycles. The van der Waals surface area contributed by atoms with Crippen molar-refractivity contribution < 1.29 is 9.53 Å². The first-order valence-electron chi connectivity index (χ1n) is 8.50. The fourth-order valence-electron chi connectivity index (χ4n) is 2.59. The van der Waals surface area contributed by atoms with Gasteiger partial charge in [0.1, 0.15) is 16.7 Å². The third-order valence-electron chi connectivity index (χ3n) is 3.97. The Morgan fingerprint density at radius 1 is 1.25 bits per heavy atom. The maximum atomic E-state index is 12.5. The minimum Gasteiger partial charge on any atom is -0.488 e. The van der Waals surface area contributed by atoms with Crippen LogP contribution in [0.4, 0.5) is 0 Å². The quantitative estimate of drug-likeness (QED) is 0.307. The Morgan fingerprint density at radius 3 is 2.71 bits per heavy atom. The molecule has 0 N–H and O–H groups in total. The summed E-state index contributed by atoms with van der Waals surface area (Å²) in [5.41, 5.74) is 1.74.